The van der Waals surface area contributed by atoms with Gasteiger partial charge in [-0.1, -0.05) is 6.42 Å². The van der Waals surface area contributed by atoms with Crippen LogP contribution in [0, 0.1) is 38.5 Å². The van der Waals surface area contributed by atoms with E-state index >= 15 is 0 Å². The van der Waals surface area contributed by atoms with Crippen molar-refractivity contribution in [1.82, 2.24) is 4.98 Å². The van der Waals surface area contributed by atoms with Gasteiger partial charge in [0.15, 0.2) is 5.78 Å². The molecule has 1 aromatic heterocycles. The summed E-state index contributed by atoms with van der Waals surface area (Å²) >= 11 is 0. The van der Waals surface area contributed by atoms with Gasteiger partial charge in [0.25, 0.3) is 0 Å². The smallest absolute Gasteiger partial charge is 0.182 e. The average molecular weight is 231 g/mol. The molecule has 1 aromatic rings. The zero-order valence-electron chi connectivity index (χ0n) is 11.0. The Kier molecular flexibility index (Phi) is 2.42. The minimum Gasteiger partial charge on any atom is -0.356 e. The Labute approximate surface area is 103 Å². The fourth-order valence-electron chi connectivity index (χ4n) is 3.84. The molecule has 3 unspecified atom stereocenters. The third-order valence-corrected chi connectivity index (χ3v) is 5.13. The van der Waals surface area contributed by atoms with E-state index in [4.69, 9.17) is 0 Å². The second-order valence-electron chi connectivity index (χ2n) is 6.02. The van der Waals surface area contributed by atoms with Gasteiger partial charge in [-0.3, -0.25) is 4.79 Å². The van der Waals surface area contributed by atoms with Crippen molar-refractivity contribution in [2.75, 3.05) is 0 Å². The summed E-state index contributed by atoms with van der Waals surface area (Å²) in [7, 11) is 0. The number of aromatic nitrogens is 1. The number of hydrogen-bond donors (Lipinski definition) is 1. The molecule has 3 rings (SSSR count). The molecule has 3 atom stereocenters. The summed E-state index contributed by atoms with van der Waals surface area (Å²) in [5.74, 6) is 2.21. The highest BCUT2D eigenvalue weighted by atomic mass is 16.1. The maximum atomic E-state index is 12.6. The number of carbonyl (C=O) groups excluding carboxylic acids is 1. The van der Waals surface area contributed by atoms with E-state index in [2.05, 4.69) is 25.8 Å². The highest BCUT2D eigenvalue weighted by molar-refractivity contribution is 5.98. The van der Waals surface area contributed by atoms with Crippen molar-refractivity contribution >= 4 is 5.78 Å². The standard InChI is InChI=1S/C15H21NO/c1-8-9(2)14(16-10(8)3)15(17)13-7-11-4-5-12(13)6-11/h11-13,16H,4-7H2,1-3H3. The lowest BCUT2D eigenvalue weighted by atomic mass is 9.84. The molecule has 2 saturated carbocycles. The first-order chi connectivity index (χ1) is 8.08. The molecule has 2 nitrogen and oxygen atoms in total. The highest BCUT2D eigenvalue weighted by Crippen LogP contribution is 2.49. The van der Waals surface area contributed by atoms with E-state index in [1.54, 1.807) is 0 Å². The van der Waals surface area contributed by atoms with Crippen molar-refractivity contribution in [1.29, 1.82) is 0 Å². The van der Waals surface area contributed by atoms with Crippen LogP contribution in [0.1, 0.15) is 53.0 Å². The summed E-state index contributed by atoms with van der Waals surface area (Å²) in [6.07, 6.45) is 5.07. The third kappa shape index (κ3) is 1.57. The second-order valence-corrected chi connectivity index (χ2v) is 6.02. The van der Waals surface area contributed by atoms with E-state index < -0.39 is 0 Å². The summed E-state index contributed by atoms with van der Waals surface area (Å²) in [6.45, 7) is 6.22. The Morgan fingerprint density at radius 2 is 1.88 bits per heavy atom. The molecule has 2 heteroatoms. The molecule has 1 heterocycles. The summed E-state index contributed by atoms with van der Waals surface area (Å²) in [6, 6.07) is 0. The van der Waals surface area contributed by atoms with Crippen molar-refractivity contribution in [2.45, 2.75) is 46.5 Å². The molecule has 0 saturated heterocycles. The first-order valence-corrected chi connectivity index (χ1v) is 6.78. The fraction of sp³-hybridized carbons (Fsp3) is 0.667. The van der Waals surface area contributed by atoms with Crippen LogP contribution in [0.15, 0.2) is 0 Å². The average Bonchev–Trinajstić information content (AvgIpc) is 2.99. The summed E-state index contributed by atoms with van der Waals surface area (Å²) < 4.78 is 0. The molecule has 1 N–H and O–H groups in total. The van der Waals surface area contributed by atoms with E-state index in [9.17, 15) is 4.79 Å². The number of nitrogens with one attached hydrogen (secondary N) is 1. The van der Waals surface area contributed by atoms with Crippen LogP contribution in [0.25, 0.3) is 0 Å². The number of hydrogen-bond acceptors (Lipinski definition) is 1. The highest BCUT2D eigenvalue weighted by Gasteiger charge is 2.43. The van der Waals surface area contributed by atoms with Gasteiger partial charge in [-0.15, -0.1) is 0 Å². The second kappa shape index (κ2) is 3.72. The largest absolute Gasteiger partial charge is 0.356 e. The van der Waals surface area contributed by atoms with Gasteiger partial charge in [0, 0.05) is 11.6 Å². The van der Waals surface area contributed by atoms with Crippen LogP contribution in [0.4, 0.5) is 0 Å². The van der Waals surface area contributed by atoms with Gasteiger partial charge in [-0.2, -0.15) is 0 Å². The van der Waals surface area contributed by atoms with E-state index in [0.29, 0.717) is 17.6 Å². The first kappa shape index (κ1) is 11.1. The minimum atomic E-state index is 0.310. The predicted octanol–water partition coefficient (Wildman–Crippen LogP) is 3.56. The number of carbonyl (C=O) groups is 1. The Morgan fingerprint density at radius 3 is 2.35 bits per heavy atom. The molecule has 2 aliphatic carbocycles. The lowest BCUT2D eigenvalue weighted by Gasteiger charge is -2.20. The predicted molar refractivity (Wildman–Crippen MR) is 68.3 cm³/mol. The van der Waals surface area contributed by atoms with Crippen LogP contribution in [0.2, 0.25) is 0 Å². The zero-order valence-corrected chi connectivity index (χ0v) is 11.0. The maximum absolute atomic E-state index is 12.6. The Morgan fingerprint density at radius 1 is 1.12 bits per heavy atom. The number of fused-ring (bicyclic) bond motifs is 2. The Hall–Kier alpha value is -1.05. The van der Waals surface area contributed by atoms with Crippen LogP contribution < -0.4 is 0 Å². The molecule has 2 bridgehead atoms. The molecule has 17 heavy (non-hydrogen) atoms. The third-order valence-electron chi connectivity index (χ3n) is 5.13. The van der Waals surface area contributed by atoms with Crippen LogP contribution in [0.5, 0.6) is 0 Å². The lowest BCUT2D eigenvalue weighted by Crippen LogP contribution is -2.22. The minimum absolute atomic E-state index is 0.310. The van der Waals surface area contributed by atoms with Gasteiger partial charge in [0.05, 0.1) is 5.69 Å². The van der Waals surface area contributed by atoms with Crippen LogP contribution in [-0.4, -0.2) is 10.8 Å². The number of H-pyrrole nitrogens is 1. The van der Waals surface area contributed by atoms with Crippen LogP contribution >= 0.6 is 0 Å². The monoisotopic (exact) mass is 231 g/mol. The SMILES string of the molecule is Cc1[nH]c(C(=O)C2CC3CCC2C3)c(C)c1C. The topological polar surface area (TPSA) is 32.9 Å². The Bertz CT molecular complexity index is 472. The molecule has 2 aliphatic rings. The van der Waals surface area contributed by atoms with Crippen molar-refractivity contribution in [3.05, 3.63) is 22.5 Å². The van der Waals surface area contributed by atoms with Crippen molar-refractivity contribution < 1.29 is 4.79 Å². The molecule has 0 aliphatic heterocycles. The fourth-order valence-corrected chi connectivity index (χ4v) is 3.84. The molecular weight excluding hydrogens is 210 g/mol. The number of rotatable bonds is 2. The zero-order chi connectivity index (χ0) is 12.2. The van der Waals surface area contributed by atoms with E-state index in [-0.39, 0.29) is 0 Å². The summed E-state index contributed by atoms with van der Waals surface area (Å²) in [5, 5.41) is 0. The molecular formula is C15H21NO. The van der Waals surface area contributed by atoms with Gasteiger partial charge in [0.2, 0.25) is 0 Å². The van der Waals surface area contributed by atoms with Gasteiger partial charge in [-0.05, 0) is 63.0 Å². The molecule has 2 fully saturated rings. The van der Waals surface area contributed by atoms with Gasteiger partial charge < -0.3 is 4.98 Å². The van der Waals surface area contributed by atoms with Gasteiger partial charge in [0.1, 0.15) is 0 Å². The Balaban J connectivity index is 1.89. The first-order valence-electron chi connectivity index (χ1n) is 6.78. The summed E-state index contributed by atoms with van der Waals surface area (Å²) in [4.78, 5) is 15.9. The molecule has 0 spiro atoms. The normalized spacial score (nSPS) is 31.1. The number of aromatic amines is 1. The number of ketones is 1. The van der Waals surface area contributed by atoms with Crippen LogP contribution in [0.3, 0.4) is 0 Å². The van der Waals surface area contributed by atoms with Crippen molar-refractivity contribution in [2.24, 2.45) is 17.8 Å². The van der Waals surface area contributed by atoms with E-state index in [0.717, 1.165) is 29.3 Å². The maximum Gasteiger partial charge on any atom is 0.182 e. The molecule has 0 radical (unpaired) electrons. The van der Waals surface area contributed by atoms with E-state index in [1.807, 2.05) is 0 Å². The molecule has 0 aromatic carbocycles. The van der Waals surface area contributed by atoms with Crippen molar-refractivity contribution in [3.8, 4) is 0 Å². The van der Waals surface area contributed by atoms with Crippen LogP contribution in [-0.2, 0) is 0 Å². The molecule has 92 valence electrons. The summed E-state index contributed by atoms with van der Waals surface area (Å²) in [5.41, 5.74) is 4.44. The van der Waals surface area contributed by atoms with E-state index in [1.165, 1.54) is 24.8 Å². The number of aryl methyl sites for hydroxylation is 1. The van der Waals surface area contributed by atoms with Crippen molar-refractivity contribution in [3.63, 3.8) is 0 Å². The quantitative estimate of drug-likeness (QED) is 0.776. The van der Waals surface area contributed by atoms with Gasteiger partial charge in [-0.25, -0.2) is 0 Å². The lowest BCUT2D eigenvalue weighted by molar-refractivity contribution is 0.0869. The molecule has 0 amide bonds. The van der Waals surface area contributed by atoms with Gasteiger partial charge >= 0.3 is 0 Å². The number of Topliss-reactive ketones (excluding diaryl/α,β-unsaturated/α-hetero) is 1.